The summed E-state index contributed by atoms with van der Waals surface area (Å²) in [4.78, 5) is 11.8. The lowest BCUT2D eigenvalue weighted by Crippen LogP contribution is -2.49. The van der Waals surface area contributed by atoms with Crippen molar-refractivity contribution in [3.05, 3.63) is 59.7 Å². The van der Waals surface area contributed by atoms with E-state index in [2.05, 4.69) is 5.32 Å². The topological polar surface area (TPSA) is 97.4 Å². The summed E-state index contributed by atoms with van der Waals surface area (Å²) in [6.07, 6.45) is -5.56. The van der Waals surface area contributed by atoms with E-state index in [1.165, 1.54) is 20.8 Å². The molecule has 38 heavy (non-hydrogen) atoms. The van der Waals surface area contributed by atoms with Crippen LogP contribution in [0.4, 0.5) is 22.0 Å². The van der Waals surface area contributed by atoms with Crippen molar-refractivity contribution in [2.24, 2.45) is 0 Å². The smallest absolute Gasteiger partial charge is 0.355 e. The van der Waals surface area contributed by atoms with Crippen molar-refractivity contribution in [1.82, 2.24) is 5.32 Å². The molecule has 0 atom stereocenters. The van der Waals surface area contributed by atoms with Gasteiger partial charge in [0.2, 0.25) is 5.91 Å². The number of alkyl halides is 5. The summed E-state index contributed by atoms with van der Waals surface area (Å²) in [6, 6.07) is 7.45. The van der Waals surface area contributed by atoms with Gasteiger partial charge in [0.25, 0.3) is 5.92 Å². The van der Waals surface area contributed by atoms with Gasteiger partial charge in [0.15, 0.2) is 19.7 Å². The Bertz CT molecular complexity index is 1400. The van der Waals surface area contributed by atoms with E-state index in [1.54, 1.807) is 0 Å². The Morgan fingerprint density at radius 3 is 1.76 bits per heavy atom. The summed E-state index contributed by atoms with van der Waals surface area (Å²) in [5.74, 6) is -4.27. The summed E-state index contributed by atoms with van der Waals surface area (Å²) < 4.78 is 116. The highest BCUT2D eigenvalue weighted by Gasteiger charge is 2.44. The molecule has 13 heteroatoms. The predicted molar refractivity (Wildman–Crippen MR) is 132 cm³/mol. The Morgan fingerprint density at radius 1 is 0.789 bits per heavy atom. The lowest BCUT2D eigenvalue weighted by molar-refractivity contribution is -0.137. The lowest BCUT2D eigenvalue weighted by atomic mass is 10.1. The summed E-state index contributed by atoms with van der Waals surface area (Å²) in [5.41, 5.74) is -1.64. The van der Waals surface area contributed by atoms with Gasteiger partial charge in [0.05, 0.1) is 20.1 Å². The van der Waals surface area contributed by atoms with Gasteiger partial charge >= 0.3 is 6.18 Å². The molecule has 1 amide bonds. The van der Waals surface area contributed by atoms with E-state index >= 15 is 0 Å². The van der Waals surface area contributed by atoms with Gasteiger partial charge < -0.3 is 5.32 Å². The third-order valence-electron chi connectivity index (χ3n) is 6.44. The molecule has 0 bridgehead atoms. The number of amides is 1. The predicted octanol–water partition coefficient (Wildman–Crippen LogP) is 5.52. The SMILES string of the molecule is CCC(F)(F)c1cccc(S(=O)(=O)C(C)(C)C(=O)NCCC(C)(C)S(=O)(=O)c2cccc(C(F)(F)F)c2)c1. The summed E-state index contributed by atoms with van der Waals surface area (Å²) >= 11 is 0. The van der Waals surface area contributed by atoms with Crippen LogP contribution in [0.5, 0.6) is 0 Å². The van der Waals surface area contributed by atoms with Crippen molar-refractivity contribution in [3.63, 3.8) is 0 Å². The van der Waals surface area contributed by atoms with Gasteiger partial charge in [-0.05, 0) is 64.4 Å². The second-order valence-corrected chi connectivity index (χ2v) is 15.0. The van der Waals surface area contributed by atoms with E-state index in [0.717, 1.165) is 56.3 Å². The maximum atomic E-state index is 14.1. The van der Waals surface area contributed by atoms with E-state index in [9.17, 15) is 43.6 Å². The number of nitrogens with one attached hydrogen (secondary N) is 1. The minimum Gasteiger partial charge on any atom is -0.355 e. The van der Waals surface area contributed by atoms with Crippen LogP contribution in [-0.4, -0.2) is 38.8 Å². The molecule has 2 aromatic rings. The number of halogens is 5. The highest BCUT2D eigenvalue weighted by atomic mass is 32.2. The second kappa shape index (κ2) is 10.6. The van der Waals surface area contributed by atoms with Crippen molar-refractivity contribution < 1.29 is 43.6 Å². The standard InChI is InChI=1S/C25H30F5NO5S2/c1-6-24(26,27)17-9-7-12-20(15-17)38(35,36)23(4,5)21(32)31-14-13-22(2,3)37(33,34)19-11-8-10-18(16-19)25(28,29)30/h7-12,15-16H,6,13-14H2,1-5H3,(H,31,32). The largest absolute Gasteiger partial charge is 0.416 e. The second-order valence-electron chi connectivity index (χ2n) is 9.89. The zero-order valence-electron chi connectivity index (χ0n) is 21.5. The molecule has 0 saturated carbocycles. The molecule has 0 spiro atoms. The van der Waals surface area contributed by atoms with Crippen LogP contribution in [-0.2, 0) is 36.6 Å². The fourth-order valence-electron chi connectivity index (χ4n) is 3.49. The van der Waals surface area contributed by atoms with E-state index < -0.39 is 74.5 Å². The molecule has 2 aromatic carbocycles. The molecule has 212 valence electrons. The van der Waals surface area contributed by atoms with Crippen molar-refractivity contribution in [1.29, 1.82) is 0 Å². The third-order valence-corrected chi connectivity index (χ3v) is 11.4. The Kier molecular flexibility index (Phi) is 8.80. The summed E-state index contributed by atoms with van der Waals surface area (Å²) in [5, 5.41) is 2.36. The first-order chi connectivity index (χ1) is 17.1. The molecule has 0 fully saturated rings. The molecule has 1 N–H and O–H groups in total. The van der Waals surface area contributed by atoms with Crippen LogP contribution >= 0.6 is 0 Å². The number of benzene rings is 2. The first-order valence-corrected chi connectivity index (χ1v) is 14.5. The van der Waals surface area contributed by atoms with Crippen molar-refractivity contribution in [2.45, 2.75) is 78.8 Å². The molecule has 0 aliphatic heterocycles. The molecule has 0 unspecified atom stereocenters. The number of hydrogen-bond acceptors (Lipinski definition) is 5. The van der Waals surface area contributed by atoms with Crippen molar-refractivity contribution >= 4 is 25.6 Å². The van der Waals surface area contributed by atoms with Gasteiger partial charge in [-0.2, -0.15) is 13.2 Å². The normalized spacial score (nSPS) is 13.8. The van der Waals surface area contributed by atoms with Crippen LogP contribution in [0.15, 0.2) is 58.3 Å². The van der Waals surface area contributed by atoms with Gasteiger partial charge in [-0.15, -0.1) is 0 Å². The molecule has 6 nitrogen and oxygen atoms in total. The maximum absolute atomic E-state index is 14.1. The van der Waals surface area contributed by atoms with Gasteiger partial charge in [0.1, 0.15) is 4.75 Å². The zero-order valence-corrected chi connectivity index (χ0v) is 23.1. The van der Waals surface area contributed by atoms with Crippen molar-refractivity contribution in [3.8, 4) is 0 Å². The fraction of sp³-hybridized carbons (Fsp3) is 0.480. The molecule has 0 radical (unpaired) electrons. The van der Waals surface area contributed by atoms with E-state index in [1.807, 2.05) is 0 Å². The number of carbonyl (C=O) groups excluding carboxylic acids is 1. The monoisotopic (exact) mass is 583 g/mol. The van der Waals surface area contributed by atoms with Crippen LogP contribution < -0.4 is 5.32 Å². The minimum absolute atomic E-state index is 0.258. The van der Waals surface area contributed by atoms with Crippen molar-refractivity contribution in [2.75, 3.05) is 6.54 Å². The Labute approximate surface area is 219 Å². The Morgan fingerprint density at radius 2 is 1.26 bits per heavy atom. The van der Waals surface area contributed by atoms with Crippen LogP contribution in [0.2, 0.25) is 0 Å². The molecule has 2 rings (SSSR count). The van der Waals surface area contributed by atoms with Gasteiger partial charge in [-0.1, -0.05) is 25.1 Å². The van der Waals surface area contributed by atoms with Gasteiger partial charge in [-0.25, -0.2) is 25.6 Å². The molecule has 0 saturated heterocycles. The molecule has 0 aliphatic rings. The molecule has 0 heterocycles. The van der Waals surface area contributed by atoms with E-state index in [0.29, 0.717) is 6.07 Å². The number of rotatable bonds is 10. The minimum atomic E-state index is -4.74. The first-order valence-electron chi connectivity index (χ1n) is 11.5. The Balaban J connectivity index is 2.22. The molecule has 0 aliphatic carbocycles. The van der Waals surface area contributed by atoms with Crippen LogP contribution in [0.25, 0.3) is 0 Å². The highest BCUT2D eigenvalue weighted by Crippen LogP contribution is 2.36. The average molecular weight is 584 g/mol. The summed E-state index contributed by atoms with van der Waals surface area (Å²) in [7, 11) is -8.74. The Hall–Kier alpha value is -2.54. The molecule has 0 aromatic heterocycles. The average Bonchev–Trinajstić information content (AvgIpc) is 2.83. The van der Waals surface area contributed by atoms with Gasteiger partial charge in [0, 0.05) is 18.5 Å². The number of sulfone groups is 2. The maximum Gasteiger partial charge on any atom is 0.416 e. The van der Waals surface area contributed by atoms with Crippen LogP contribution in [0.1, 0.15) is 58.6 Å². The highest BCUT2D eigenvalue weighted by molar-refractivity contribution is 7.93. The van der Waals surface area contributed by atoms with Gasteiger partial charge in [-0.3, -0.25) is 4.79 Å². The van der Waals surface area contributed by atoms with Crippen LogP contribution in [0.3, 0.4) is 0 Å². The molecular weight excluding hydrogens is 553 g/mol. The summed E-state index contributed by atoms with van der Waals surface area (Å²) in [6.45, 7) is 5.65. The van der Waals surface area contributed by atoms with E-state index in [4.69, 9.17) is 0 Å². The lowest BCUT2D eigenvalue weighted by Gasteiger charge is -2.28. The first kappa shape index (κ1) is 31.7. The number of hydrogen-bond donors (Lipinski definition) is 1. The van der Waals surface area contributed by atoms with Crippen LogP contribution in [0, 0.1) is 0 Å². The fourth-order valence-corrected chi connectivity index (χ4v) is 6.49. The number of carbonyl (C=O) groups is 1. The molecular formula is C25H30F5NO5S2. The zero-order chi connectivity index (χ0) is 29.4. The van der Waals surface area contributed by atoms with E-state index in [-0.39, 0.29) is 13.0 Å². The quantitative estimate of drug-likeness (QED) is 0.372. The third kappa shape index (κ3) is 6.19.